The molecular formula is C24H30O7. The van der Waals surface area contributed by atoms with E-state index in [0.717, 1.165) is 11.1 Å². The van der Waals surface area contributed by atoms with Crippen molar-refractivity contribution < 1.29 is 33.3 Å². The maximum absolute atomic E-state index is 12.6. The van der Waals surface area contributed by atoms with Gasteiger partial charge < -0.3 is 23.7 Å². The Kier molecular flexibility index (Phi) is 11.3. The van der Waals surface area contributed by atoms with Gasteiger partial charge in [0.15, 0.2) is 6.10 Å². The van der Waals surface area contributed by atoms with Crippen LogP contribution in [0.15, 0.2) is 60.7 Å². The van der Waals surface area contributed by atoms with Crippen LogP contribution in [-0.4, -0.2) is 44.7 Å². The van der Waals surface area contributed by atoms with Crippen LogP contribution in [0.1, 0.15) is 25.0 Å². The number of ether oxygens (including phenoxy) is 5. The predicted octanol–water partition coefficient (Wildman–Crippen LogP) is 3.51. The summed E-state index contributed by atoms with van der Waals surface area (Å²) >= 11 is 0. The van der Waals surface area contributed by atoms with Crippen molar-refractivity contribution in [1.29, 1.82) is 0 Å². The number of hydrogen-bond donors (Lipinski definition) is 0. The molecule has 2 rings (SSSR count). The molecule has 7 heteroatoms. The molecule has 0 N–H and O–H groups in total. The van der Waals surface area contributed by atoms with E-state index in [1.165, 1.54) is 0 Å². The highest BCUT2D eigenvalue weighted by atomic mass is 16.7. The van der Waals surface area contributed by atoms with Gasteiger partial charge in [-0.1, -0.05) is 60.7 Å². The summed E-state index contributed by atoms with van der Waals surface area (Å²) in [5.41, 5.74) is 1.91. The minimum atomic E-state index is -1.20. The number of carbonyl (C=O) groups is 2. The Morgan fingerprint density at radius 2 is 1.26 bits per heavy atom. The second kappa shape index (κ2) is 14.3. The molecule has 0 aliphatic rings. The number of benzene rings is 2. The second-order valence-corrected chi connectivity index (χ2v) is 6.65. The standard InChI is InChI=1S/C24H30O7/c1-3-29-23(25)21(17-27-15-19-11-7-5-8-12-19)22(24(26)30-4-2)31-18-28-16-20-13-9-6-10-14-20/h5-14,21-22H,3-4,15-18H2,1-2H3. The summed E-state index contributed by atoms with van der Waals surface area (Å²) in [5.74, 6) is -2.23. The quantitative estimate of drug-likeness (QED) is 0.258. The molecule has 0 fully saturated rings. The highest BCUT2D eigenvalue weighted by Crippen LogP contribution is 2.16. The molecule has 0 radical (unpaired) electrons. The van der Waals surface area contributed by atoms with Crippen molar-refractivity contribution in [3.8, 4) is 0 Å². The van der Waals surface area contributed by atoms with Gasteiger partial charge in [-0.25, -0.2) is 4.79 Å². The van der Waals surface area contributed by atoms with Gasteiger partial charge in [-0.15, -0.1) is 0 Å². The minimum Gasteiger partial charge on any atom is -0.466 e. The van der Waals surface area contributed by atoms with Crippen molar-refractivity contribution in [3.05, 3.63) is 71.8 Å². The summed E-state index contributed by atoms with van der Waals surface area (Å²) in [6, 6.07) is 19.1. The molecule has 0 aliphatic heterocycles. The topological polar surface area (TPSA) is 80.3 Å². The van der Waals surface area contributed by atoms with E-state index in [2.05, 4.69) is 0 Å². The molecule has 2 aromatic carbocycles. The van der Waals surface area contributed by atoms with Gasteiger partial charge in [0.2, 0.25) is 0 Å². The number of hydrogen-bond acceptors (Lipinski definition) is 7. The van der Waals surface area contributed by atoms with Crippen LogP contribution in [0.4, 0.5) is 0 Å². The van der Waals surface area contributed by atoms with Crippen LogP contribution in [0, 0.1) is 5.92 Å². The van der Waals surface area contributed by atoms with Gasteiger partial charge >= 0.3 is 11.9 Å². The summed E-state index contributed by atoms with van der Waals surface area (Å²) < 4.78 is 27.1. The van der Waals surface area contributed by atoms with E-state index in [0.29, 0.717) is 6.61 Å². The van der Waals surface area contributed by atoms with E-state index in [1.54, 1.807) is 13.8 Å². The fourth-order valence-electron chi connectivity index (χ4n) is 2.83. The fraction of sp³-hybridized carbons (Fsp3) is 0.417. The van der Waals surface area contributed by atoms with E-state index >= 15 is 0 Å². The molecule has 31 heavy (non-hydrogen) atoms. The molecule has 0 saturated heterocycles. The first-order valence-corrected chi connectivity index (χ1v) is 10.3. The summed E-state index contributed by atoms with van der Waals surface area (Å²) in [6.07, 6.45) is -1.20. The van der Waals surface area contributed by atoms with Crippen molar-refractivity contribution in [2.24, 2.45) is 5.92 Å². The molecular weight excluding hydrogens is 400 g/mol. The van der Waals surface area contributed by atoms with Crippen LogP contribution >= 0.6 is 0 Å². The smallest absolute Gasteiger partial charge is 0.336 e. The SMILES string of the molecule is CCOC(=O)C(COCc1ccccc1)C(OCOCc1ccccc1)C(=O)OCC. The monoisotopic (exact) mass is 430 g/mol. The Bertz CT molecular complexity index is 764. The molecule has 0 spiro atoms. The van der Waals surface area contributed by atoms with Crippen molar-refractivity contribution in [1.82, 2.24) is 0 Å². The Labute approximate surface area is 183 Å². The largest absolute Gasteiger partial charge is 0.466 e. The summed E-state index contributed by atoms with van der Waals surface area (Å²) in [5, 5.41) is 0. The third kappa shape index (κ3) is 8.88. The summed E-state index contributed by atoms with van der Waals surface area (Å²) in [6.45, 7) is 4.07. The van der Waals surface area contributed by atoms with Crippen molar-refractivity contribution in [3.63, 3.8) is 0 Å². The molecule has 2 unspecified atom stereocenters. The zero-order valence-electron chi connectivity index (χ0n) is 18.0. The zero-order valence-corrected chi connectivity index (χ0v) is 18.0. The fourth-order valence-corrected chi connectivity index (χ4v) is 2.83. The number of esters is 2. The van der Waals surface area contributed by atoms with Gasteiger partial charge in [-0.2, -0.15) is 0 Å². The Balaban J connectivity index is 2.00. The lowest BCUT2D eigenvalue weighted by Gasteiger charge is -2.24. The zero-order chi connectivity index (χ0) is 22.3. The predicted molar refractivity (Wildman–Crippen MR) is 114 cm³/mol. The van der Waals surface area contributed by atoms with Crippen LogP contribution < -0.4 is 0 Å². The highest BCUT2D eigenvalue weighted by Gasteiger charge is 2.37. The number of carbonyl (C=O) groups excluding carboxylic acids is 2. The van der Waals surface area contributed by atoms with Gasteiger partial charge in [0, 0.05) is 0 Å². The van der Waals surface area contributed by atoms with E-state index < -0.39 is 24.0 Å². The average molecular weight is 430 g/mol. The second-order valence-electron chi connectivity index (χ2n) is 6.65. The normalized spacial score (nSPS) is 12.7. The Morgan fingerprint density at radius 3 is 1.81 bits per heavy atom. The first kappa shape index (κ1) is 24.5. The lowest BCUT2D eigenvalue weighted by Crippen LogP contribution is -2.42. The van der Waals surface area contributed by atoms with E-state index in [4.69, 9.17) is 23.7 Å². The van der Waals surface area contributed by atoms with E-state index in [9.17, 15) is 9.59 Å². The van der Waals surface area contributed by atoms with Crippen LogP contribution in [-0.2, 0) is 46.5 Å². The maximum Gasteiger partial charge on any atom is 0.336 e. The third-order valence-electron chi connectivity index (χ3n) is 4.33. The van der Waals surface area contributed by atoms with Gasteiger partial charge in [-0.3, -0.25) is 4.79 Å². The van der Waals surface area contributed by atoms with Crippen LogP contribution in [0.5, 0.6) is 0 Å². The van der Waals surface area contributed by atoms with Crippen LogP contribution in [0.2, 0.25) is 0 Å². The molecule has 0 aromatic heterocycles. The van der Waals surface area contributed by atoms with E-state index in [1.807, 2.05) is 60.7 Å². The molecule has 0 bridgehead atoms. The molecule has 2 atom stereocenters. The van der Waals surface area contributed by atoms with Gasteiger partial charge in [0.25, 0.3) is 0 Å². The van der Waals surface area contributed by atoms with Crippen molar-refractivity contribution >= 4 is 11.9 Å². The molecule has 0 amide bonds. The first-order valence-electron chi connectivity index (χ1n) is 10.3. The van der Waals surface area contributed by atoms with Gasteiger partial charge in [-0.05, 0) is 25.0 Å². The summed E-state index contributed by atoms with van der Waals surface area (Å²) in [7, 11) is 0. The minimum absolute atomic E-state index is 0.0596. The first-order chi connectivity index (χ1) is 15.2. The lowest BCUT2D eigenvalue weighted by atomic mass is 10.0. The molecule has 0 aliphatic carbocycles. The van der Waals surface area contributed by atoms with E-state index in [-0.39, 0.29) is 33.2 Å². The molecule has 7 nitrogen and oxygen atoms in total. The maximum atomic E-state index is 12.6. The van der Waals surface area contributed by atoms with Crippen molar-refractivity contribution in [2.75, 3.05) is 26.6 Å². The van der Waals surface area contributed by atoms with Gasteiger partial charge in [0.05, 0.1) is 33.0 Å². The van der Waals surface area contributed by atoms with Crippen LogP contribution in [0.3, 0.4) is 0 Å². The Hall–Kier alpha value is -2.74. The number of rotatable bonds is 14. The van der Waals surface area contributed by atoms with Crippen molar-refractivity contribution in [2.45, 2.75) is 33.2 Å². The van der Waals surface area contributed by atoms with Crippen LogP contribution in [0.25, 0.3) is 0 Å². The summed E-state index contributed by atoms with van der Waals surface area (Å²) in [4.78, 5) is 25.1. The Morgan fingerprint density at radius 1 is 0.742 bits per heavy atom. The highest BCUT2D eigenvalue weighted by molar-refractivity contribution is 5.84. The lowest BCUT2D eigenvalue weighted by molar-refractivity contribution is -0.185. The van der Waals surface area contributed by atoms with Gasteiger partial charge in [0.1, 0.15) is 12.7 Å². The third-order valence-corrected chi connectivity index (χ3v) is 4.33. The molecule has 168 valence electrons. The molecule has 2 aromatic rings. The molecule has 0 saturated carbocycles. The average Bonchev–Trinajstić information content (AvgIpc) is 2.79. The molecule has 0 heterocycles.